The van der Waals surface area contributed by atoms with E-state index in [1.807, 2.05) is 0 Å². The van der Waals surface area contributed by atoms with Crippen LogP contribution in [0.15, 0.2) is 24.5 Å². The predicted octanol–water partition coefficient (Wildman–Crippen LogP) is 0.0290. The quantitative estimate of drug-likeness (QED) is 0.735. The van der Waals surface area contributed by atoms with E-state index >= 15 is 0 Å². The van der Waals surface area contributed by atoms with E-state index in [1.54, 1.807) is 24.5 Å². The molecule has 0 unspecified atom stereocenters. The van der Waals surface area contributed by atoms with E-state index in [0.29, 0.717) is 5.69 Å². The molecule has 0 saturated carbocycles. The summed E-state index contributed by atoms with van der Waals surface area (Å²) in [6.07, 6.45) is 3.19. The third-order valence-electron chi connectivity index (χ3n) is 2.48. The summed E-state index contributed by atoms with van der Waals surface area (Å²) >= 11 is 0. The van der Waals surface area contributed by atoms with Crippen molar-refractivity contribution in [1.82, 2.24) is 4.98 Å². The average molecular weight is 208 g/mol. The minimum absolute atomic E-state index is 0.191. The maximum Gasteiger partial charge on any atom is 0.237 e. The van der Waals surface area contributed by atoms with Crippen LogP contribution in [0.2, 0.25) is 0 Å². The Labute approximate surface area is 87.1 Å². The lowest BCUT2D eigenvalue weighted by molar-refractivity contribution is -0.164. The Morgan fingerprint density at radius 1 is 1.53 bits per heavy atom. The Bertz CT molecular complexity index is 343. The maximum atomic E-state index is 11.8. The van der Waals surface area contributed by atoms with Gasteiger partial charge in [0.25, 0.3) is 0 Å². The highest BCUT2D eigenvalue weighted by molar-refractivity contribution is 5.96. The zero-order chi connectivity index (χ0) is 10.7. The molecule has 0 aliphatic carbocycles. The summed E-state index contributed by atoms with van der Waals surface area (Å²) in [4.78, 5) is 15.6. The smallest absolute Gasteiger partial charge is 0.237 e. The summed E-state index contributed by atoms with van der Waals surface area (Å²) < 4.78 is 4.95. The van der Waals surface area contributed by atoms with E-state index in [-0.39, 0.29) is 25.7 Å². The van der Waals surface area contributed by atoms with E-state index in [2.05, 4.69) is 10.3 Å². The van der Waals surface area contributed by atoms with Crippen LogP contribution >= 0.6 is 0 Å². The van der Waals surface area contributed by atoms with Gasteiger partial charge in [-0.15, -0.1) is 0 Å². The first-order valence-corrected chi connectivity index (χ1v) is 4.67. The number of carbonyl (C=O) groups excluding carboxylic acids is 1. The van der Waals surface area contributed by atoms with Crippen molar-refractivity contribution in [3.8, 4) is 0 Å². The number of ether oxygens (including phenoxy) is 1. The number of nitrogens with one attached hydrogen (secondary N) is 1. The number of hydrogen-bond acceptors (Lipinski definition) is 4. The second-order valence-corrected chi connectivity index (χ2v) is 3.62. The summed E-state index contributed by atoms with van der Waals surface area (Å²) in [6.45, 7) is 0.366. The highest BCUT2D eigenvalue weighted by Gasteiger charge is 2.45. The SMILES string of the molecule is O=C(Nc1ccncc1)C1(CO)COC1. The molecule has 1 aliphatic rings. The Kier molecular flexibility index (Phi) is 2.66. The van der Waals surface area contributed by atoms with Gasteiger partial charge in [-0.3, -0.25) is 9.78 Å². The molecule has 80 valence electrons. The number of rotatable bonds is 3. The number of carbonyl (C=O) groups is 1. The second-order valence-electron chi connectivity index (χ2n) is 3.62. The Morgan fingerprint density at radius 2 is 2.20 bits per heavy atom. The van der Waals surface area contributed by atoms with Crippen LogP contribution in [0.5, 0.6) is 0 Å². The van der Waals surface area contributed by atoms with Crippen LogP contribution in [0.1, 0.15) is 0 Å². The van der Waals surface area contributed by atoms with Gasteiger partial charge < -0.3 is 15.2 Å². The fourth-order valence-electron chi connectivity index (χ4n) is 1.34. The number of hydrogen-bond donors (Lipinski definition) is 2. The number of anilines is 1. The van der Waals surface area contributed by atoms with E-state index in [0.717, 1.165) is 0 Å². The van der Waals surface area contributed by atoms with Gasteiger partial charge in [0.1, 0.15) is 5.41 Å². The predicted molar refractivity (Wildman–Crippen MR) is 53.2 cm³/mol. The topological polar surface area (TPSA) is 71.5 Å². The minimum atomic E-state index is -0.761. The molecular formula is C10H12N2O3. The lowest BCUT2D eigenvalue weighted by Gasteiger charge is -2.37. The van der Waals surface area contributed by atoms with Crippen molar-refractivity contribution in [1.29, 1.82) is 0 Å². The molecule has 2 rings (SSSR count). The highest BCUT2D eigenvalue weighted by Crippen LogP contribution is 2.28. The van der Waals surface area contributed by atoms with Crippen molar-refractivity contribution in [2.45, 2.75) is 0 Å². The first-order valence-electron chi connectivity index (χ1n) is 4.67. The summed E-state index contributed by atoms with van der Waals surface area (Å²) in [5.41, 5.74) is -0.0850. The molecule has 1 aliphatic heterocycles. The van der Waals surface area contributed by atoms with Crippen LogP contribution in [0, 0.1) is 5.41 Å². The molecule has 1 amide bonds. The molecule has 0 bridgehead atoms. The van der Waals surface area contributed by atoms with Crippen molar-refractivity contribution in [3.05, 3.63) is 24.5 Å². The Hall–Kier alpha value is -1.46. The Morgan fingerprint density at radius 3 is 2.67 bits per heavy atom. The first kappa shape index (κ1) is 10.1. The molecule has 2 N–H and O–H groups in total. The molecule has 5 heteroatoms. The maximum absolute atomic E-state index is 11.8. The van der Waals surface area contributed by atoms with Crippen molar-refractivity contribution in [3.63, 3.8) is 0 Å². The second kappa shape index (κ2) is 3.96. The van der Waals surface area contributed by atoms with Crippen LogP contribution in [-0.2, 0) is 9.53 Å². The van der Waals surface area contributed by atoms with Crippen LogP contribution in [0.4, 0.5) is 5.69 Å². The van der Waals surface area contributed by atoms with E-state index in [1.165, 1.54) is 0 Å². The molecule has 0 atom stereocenters. The molecule has 5 nitrogen and oxygen atoms in total. The van der Waals surface area contributed by atoms with Gasteiger partial charge in [-0.1, -0.05) is 0 Å². The van der Waals surface area contributed by atoms with E-state index < -0.39 is 5.41 Å². The van der Waals surface area contributed by atoms with Gasteiger partial charge in [0.2, 0.25) is 5.91 Å². The molecule has 0 aromatic carbocycles. The van der Waals surface area contributed by atoms with Gasteiger partial charge in [-0.2, -0.15) is 0 Å². The van der Waals surface area contributed by atoms with Crippen LogP contribution < -0.4 is 5.32 Å². The third-order valence-corrected chi connectivity index (χ3v) is 2.48. The molecule has 1 aromatic rings. The zero-order valence-electron chi connectivity index (χ0n) is 8.14. The van der Waals surface area contributed by atoms with E-state index in [9.17, 15) is 4.79 Å². The number of amides is 1. The standard InChI is InChI=1S/C10H12N2O3/c13-5-10(6-15-7-10)9(14)12-8-1-3-11-4-2-8/h1-4,13H,5-7H2,(H,11,12,14). The van der Waals surface area contributed by atoms with Gasteiger partial charge in [0.05, 0.1) is 19.8 Å². The number of aromatic nitrogens is 1. The largest absolute Gasteiger partial charge is 0.395 e. The molecule has 0 radical (unpaired) electrons. The summed E-state index contributed by atoms with van der Waals surface area (Å²) in [6, 6.07) is 3.39. The van der Waals surface area contributed by atoms with Crippen molar-refractivity contribution in [2.75, 3.05) is 25.1 Å². The summed E-state index contributed by atoms with van der Waals surface area (Å²) in [7, 11) is 0. The minimum Gasteiger partial charge on any atom is -0.395 e. The molecule has 0 spiro atoms. The third kappa shape index (κ3) is 1.84. The number of nitrogens with zero attached hydrogens (tertiary/aromatic N) is 1. The monoisotopic (exact) mass is 208 g/mol. The normalized spacial score (nSPS) is 17.9. The van der Waals surface area contributed by atoms with E-state index in [4.69, 9.17) is 9.84 Å². The van der Waals surface area contributed by atoms with Crippen molar-refractivity contribution < 1.29 is 14.6 Å². The lowest BCUT2D eigenvalue weighted by Crippen LogP contribution is -2.54. The van der Waals surface area contributed by atoms with Crippen LogP contribution in [0.3, 0.4) is 0 Å². The summed E-state index contributed by atoms with van der Waals surface area (Å²) in [5.74, 6) is -0.206. The Balaban J connectivity index is 2.04. The molecule has 1 aromatic heterocycles. The van der Waals surface area contributed by atoms with Gasteiger partial charge in [0, 0.05) is 18.1 Å². The fraction of sp³-hybridized carbons (Fsp3) is 0.400. The number of aliphatic hydroxyl groups excluding tert-OH is 1. The summed E-state index contributed by atoms with van der Waals surface area (Å²) in [5, 5.41) is 11.8. The average Bonchev–Trinajstić information content (AvgIpc) is 2.18. The van der Waals surface area contributed by atoms with Crippen molar-refractivity contribution in [2.24, 2.45) is 5.41 Å². The highest BCUT2D eigenvalue weighted by atomic mass is 16.5. The van der Waals surface area contributed by atoms with Gasteiger partial charge in [-0.25, -0.2) is 0 Å². The molecular weight excluding hydrogens is 196 g/mol. The van der Waals surface area contributed by atoms with Crippen LogP contribution in [-0.4, -0.2) is 35.8 Å². The van der Waals surface area contributed by atoms with Crippen molar-refractivity contribution >= 4 is 11.6 Å². The van der Waals surface area contributed by atoms with Gasteiger partial charge in [0.15, 0.2) is 0 Å². The zero-order valence-corrected chi connectivity index (χ0v) is 8.14. The molecule has 1 fully saturated rings. The first-order chi connectivity index (χ1) is 7.27. The van der Waals surface area contributed by atoms with Gasteiger partial charge in [-0.05, 0) is 12.1 Å². The molecule has 2 heterocycles. The van der Waals surface area contributed by atoms with Gasteiger partial charge >= 0.3 is 0 Å². The number of aliphatic hydroxyl groups is 1. The lowest BCUT2D eigenvalue weighted by atomic mass is 9.86. The molecule has 1 saturated heterocycles. The fourth-order valence-corrected chi connectivity index (χ4v) is 1.34. The molecule has 15 heavy (non-hydrogen) atoms. The van der Waals surface area contributed by atoms with Crippen LogP contribution in [0.25, 0.3) is 0 Å². The number of pyridine rings is 1.